The molecule has 0 bridgehead atoms. The summed E-state index contributed by atoms with van der Waals surface area (Å²) in [6, 6.07) is 3.27. The van der Waals surface area contributed by atoms with Crippen LogP contribution in [0.3, 0.4) is 0 Å². The van der Waals surface area contributed by atoms with Crippen LogP contribution in [0.15, 0.2) is 23.7 Å². The van der Waals surface area contributed by atoms with Gasteiger partial charge in [0.1, 0.15) is 10.9 Å². The first-order chi connectivity index (χ1) is 11.1. The maximum Gasteiger partial charge on any atom is 0.266 e. The molecular formula is C16H19N3O2S2. The number of hydrogen-bond acceptors (Lipinski definition) is 5. The molecule has 7 heteroatoms. The van der Waals surface area contributed by atoms with E-state index in [0.717, 1.165) is 16.3 Å². The Morgan fingerprint density at radius 3 is 3.04 bits per heavy atom. The highest BCUT2D eigenvalue weighted by Gasteiger charge is 2.36. The minimum atomic E-state index is -0.535. The summed E-state index contributed by atoms with van der Waals surface area (Å²) in [4.78, 5) is 32.7. The van der Waals surface area contributed by atoms with Crippen LogP contribution in [-0.4, -0.2) is 34.8 Å². The van der Waals surface area contributed by atoms with E-state index in [1.807, 2.05) is 17.5 Å². The van der Waals surface area contributed by atoms with Gasteiger partial charge in [-0.1, -0.05) is 19.9 Å². The van der Waals surface area contributed by atoms with E-state index in [1.165, 1.54) is 22.7 Å². The van der Waals surface area contributed by atoms with Crippen LogP contribution in [0.1, 0.15) is 39.4 Å². The van der Waals surface area contributed by atoms with Crippen LogP contribution in [0, 0.1) is 5.92 Å². The number of piperazine rings is 1. The van der Waals surface area contributed by atoms with E-state index >= 15 is 0 Å². The van der Waals surface area contributed by atoms with Gasteiger partial charge in [0.05, 0.1) is 11.2 Å². The summed E-state index contributed by atoms with van der Waals surface area (Å²) < 4.78 is 0. The molecule has 2 aromatic heterocycles. The van der Waals surface area contributed by atoms with E-state index in [1.54, 1.807) is 11.1 Å². The number of hydrogen-bond donors (Lipinski definition) is 1. The second-order valence-corrected chi connectivity index (χ2v) is 8.02. The molecule has 2 aromatic rings. The Morgan fingerprint density at radius 2 is 2.35 bits per heavy atom. The summed E-state index contributed by atoms with van der Waals surface area (Å²) in [5.74, 6) is 0.286. The van der Waals surface area contributed by atoms with Gasteiger partial charge in [-0.2, -0.15) is 0 Å². The summed E-state index contributed by atoms with van der Waals surface area (Å²) in [6.07, 6.45) is 2.51. The molecule has 0 aromatic carbocycles. The molecule has 3 rings (SSSR count). The molecule has 1 aliphatic rings. The topological polar surface area (TPSA) is 62.3 Å². The van der Waals surface area contributed by atoms with Crippen molar-refractivity contribution < 1.29 is 9.59 Å². The van der Waals surface area contributed by atoms with Crippen molar-refractivity contribution in [2.45, 2.75) is 26.3 Å². The molecule has 23 heavy (non-hydrogen) atoms. The van der Waals surface area contributed by atoms with E-state index in [-0.39, 0.29) is 11.8 Å². The zero-order valence-electron chi connectivity index (χ0n) is 13.1. The number of carbonyl (C=O) groups excluding carboxylic acids is 2. The van der Waals surface area contributed by atoms with Crippen LogP contribution in [0.5, 0.6) is 0 Å². The fourth-order valence-electron chi connectivity index (χ4n) is 2.61. The first kappa shape index (κ1) is 16.1. The summed E-state index contributed by atoms with van der Waals surface area (Å²) >= 11 is 2.93. The van der Waals surface area contributed by atoms with Gasteiger partial charge in [-0.05, 0) is 17.4 Å². The Hall–Kier alpha value is -1.73. The van der Waals surface area contributed by atoms with Gasteiger partial charge in [-0.15, -0.1) is 22.7 Å². The quantitative estimate of drug-likeness (QED) is 0.923. The lowest BCUT2D eigenvalue weighted by Gasteiger charge is -2.34. The monoisotopic (exact) mass is 349 g/mol. The van der Waals surface area contributed by atoms with Crippen molar-refractivity contribution in [2.75, 3.05) is 13.1 Å². The van der Waals surface area contributed by atoms with Crippen molar-refractivity contribution in [2.24, 2.45) is 5.92 Å². The molecule has 122 valence electrons. The molecule has 1 aliphatic heterocycles. The molecule has 1 fully saturated rings. The van der Waals surface area contributed by atoms with Crippen molar-refractivity contribution in [3.63, 3.8) is 0 Å². The first-order valence-electron chi connectivity index (χ1n) is 7.63. The Morgan fingerprint density at radius 1 is 1.52 bits per heavy atom. The van der Waals surface area contributed by atoms with Crippen molar-refractivity contribution in [1.82, 2.24) is 15.2 Å². The normalized spacial score (nSPS) is 18.3. The Labute approximate surface area is 143 Å². The largest absolute Gasteiger partial charge is 0.352 e. The van der Waals surface area contributed by atoms with Gasteiger partial charge in [0.25, 0.3) is 5.91 Å². The second-order valence-electron chi connectivity index (χ2n) is 5.92. The predicted octanol–water partition coefficient (Wildman–Crippen LogP) is 2.72. The number of aromatic nitrogens is 1. The van der Waals surface area contributed by atoms with E-state index in [0.29, 0.717) is 23.9 Å². The number of carbonyl (C=O) groups is 2. The number of amides is 2. The molecule has 0 aliphatic carbocycles. The molecule has 3 heterocycles. The molecule has 5 nitrogen and oxygen atoms in total. The molecule has 1 unspecified atom stereocenters. The van der Waals surface area contributed by atoms with Gasteiger partial charge in [-0.3, -0.25) is 9.59 Å². The fraction of sp³-hybridized carbons (Fsp3) is 0.438. The van der Waals surface area contributed by atoms with Gasteiger partial charge < -0.3 is 10.2 Å². The predicted molar refractivity (Wildman–Crippen MR) is 91.8 cm³/mol. The zero-order valence-corrected chi connectivity index (χ0v) is 14.7. The molecule has 0 saturated carbocycles. The average molecular weight is 349 g/mol. The lowest BCUT2D eigenvalue weighted by atomic mass is 10.1. The third-order valence-corrected chi connectivity index (χ3v) is 5.57. The standard InChI is InChI=1S/C16H19N3O2S2/c1-10(2)8-13-18-9-12(23-13)16(21)19-6-5-17-15(20)14(19)11-4-3-7-22-11/h3-4,7,9-10,14H,5-6,8H2,1-2H3,(H,17,20). The van der Waals surface area contributed by atoms with Gasteiger partial charge >= 0.3 is 0 Å². The Kier molecular flexibility index (Phi) is 4.77. The van der Waals surface area contributed by atoms with E-state index < -0.39 is 6.04 Å². The molecular weight excluding hydrogens is 330 g/mol. The maximum atomic E-state index is 12.9. The Bertz CT molecular complexity index is 694. The lowest BCUT2D eigenvalue weighted by Crippen LogP contribution is -2.51. The van der Waals surface area contributed by atoms with Crippen LogP contribution >= 0.6 is 22.7 Å². The van der Waals surface area contributed by atoms with E-state index in [9.17, 15) is 9.59 Å². The molecule has 2 amide bonds. The maximum absolute atomic E-state index is 12.9. The fourth-order valence-corrected chi connectivity index (χ4v) is 4.53. The molecule has 0 radical (unpaired) electrons. The van der Waals surface area contributed by atoms with Crippen LogP contribution in [0.25, 0.3) is 0 Å². The van der Waals surface area contributed by atoms with Crippen LogP contribution in [-0.2, 0) is 11.2 Å². The molecule has 1 atom stereocenters. The first-order valence-corrected chi connectivity index (χ1v) is 9.32. The highest BCUT2D eigenvalue weighted by atomic mass is 32.1. The summed E-state index contributed by atoms with van der Waals surface area (Å²) in [5.41, 5.74) is 0. The number of nitrogens with zero attached hydrogens (tertiary/aromatic N) is 2. The van der Waals surface area contributed by atoms with Crippen molar-refractivity contribution in [1.29, 1.82) is 0 Å². The zero-order chi connectivity index (χ0) is 16.4. The highest BCUT2D eigenvalue weighted by molar-refractivity contribution is 7.13. The number of thiophene rings is 1. The summed E-state index contributed by atoms with van der Waals surface area (Å²) in [6.45, 7) is 5.27. The van der Waals surface area contributed by atoms with Gasteiger partial charge in [0.15, 0.2) is 0 Å². The van der Waals surface area contributed by atoms with Crippen LogP contribution in [0.2, 0.25) is 0 Å². The third-order valence-electron chi connectivity index (χ3n) is 3.63. The Balaban J connectivity index is 1.84. The summed E-state index contributed by atoms with van der Waals surface area (Å²) in [5, 5.41) is 5.74. The van der Waals surface area contributed by atoms with Crippen molar-refractivity contribution in [3.05, 3.63) is 38.5 Å². The number of rotatable bonds is 4. The van der Waals surface area contributed by atoms with E-state index in [2.05, 4.69) is 24.1 Å². The second kappa shape index (κ2) is 6.80. The molecule has 0 spiro atoms. The SMILES string of the molecule is CC(C)Cc1ncc(C(=O)N2CCNC(=O)C2c2cccs2)s1. The highest BCUT2D eigenvalue weighted by Crippen LogP contribution is 2.29. The van der Waals surface area contributed by atoms with Crippen LogP contribution in [0.4, 0.5) is 0 Å². The third kappa shape index (κ3) is 3.45. The van der Waals surface area contributed by atoms with Gasteiger partial charge in [-0.25, -0.2) is 4.98 Å². The number of thiazole rings is 1. The minimum absolute atomic E-state index is 0.106. The van der Waals surface area contributed by atoms with Crippen LogP contribution < -0.4 is 5.32 Å². The van der Waals surface area contributed by atoms with Crippen molar-refractivity contribution in [3.8, 4) is 0 Å². The van der Waals surface area contributed by atoms with Gasteiger partial charge in [0.2, 0.25) is 5.91 Å². The summed E-state index contributed by atoms with van der Waals surface area (Å²) in [7, 11) is 0. The smallest absolute Gasteiger partial charge is 0.266 e. The molecule has 1 saturated heterocycles. The van der Waals surface area contributed by atoms with Crippen molar-refractivity contribution >= 4 is 34.5 Å². The minimum Gasteiger partial charge on any atom is -0.352 e. The number of nitrogens with one attached hydrogen (secondary N) is 1. The lowest BCUT2D eigenvalue weighted by molar-refractivity contribution is -0.127. The van der Waals surface area contributed by atoms with Gasteiger partial charge in [0, 0.05) is 24.4 Å². The molecule has 1 N–H and O–H groups in total. The average Bonchev–Trinajstić information content (AvgIpc) is 3.17. The van der Waals surface area contributed by atoms with E-state index in [4.69, 9.17) is 0 Å².